The first kappa shape index (κ1) is 14.9. The molecule has 0 heterocycles. The van der Waals surface area contributed by atoms with Crippen LogP contribution in [0.4, 0.5) is 8.78 Å². The van der Waals surface area contributed by atoms with Crippen molar-refractivity contribution in [2.24, 2.45) is 17.8 Å². The van der Waals surface area contributed by atoms with E-state index in [0.29, 0.717) is 0 Å². The zero-order valence-electron chi connectivity index (χ0n) is 11.7. The molecule has 0 radical (unpaired) electrons. The monoisotopic (exact) mass is 247 g/mol. The molecular weight excluding hydrogens is 220 g/mol. The summed E-state index contributed by atoms with van der Waals surface area (Å²) in [6, 6.07) is 0. The molecule has 0 aliphatic heterocycles. The van der Waals surface area contributed by atoms with Gasteiger partial charge in [-0.3, -0.25) is 0 Å². The predicted molar refractivity (Wildman–Crippen MR) is 68.4 cm³/mol. The van der Waals surface area contributed by atoms with Crippen LogP contribution in [0.3, 0.4) is 0 Å². The molecule has 0 bridgehead atoms. The maximum Gasteiger partial charge on any atom is 0.248 e. The molecule has 102 valence electrons. The third-order valence-electron chi connectivity index (χ3n) is 3.62. The molecule has 0 amide bonds. The van der Waals surface area contributed by atoms with Crippen molar-refractivity contribution in [3.63, 3.8) is 0 Å². The molecule has 1 unspecified atom stereocenters. The number of hydrogen-bond donors (Lipinski definition) is 0. The second-order valence-electron chi connectivity index (χ2n) is 6.42. The van der Waals surface area contributed by atoms with Crippen molar-refractivity contribution in [2.75, 3.05) is 20.1 Å². The van der Waals surface area contributed by atoms with Gasteiger partial charge in [0, 0.05) is 19.4 Å². The molecular formula is C14H27F2N. The fraction of sp³-hybridized carbons (Fsp3) is 1.00. The van der Waals surface area contributed by atoms with Gasteiger partial charge in [-0.15, -0.1) is 0 Å². The van der Waals surface area contributed by atoms with Crippen LogP contribution >= 0.6 is 0 Å². The average Bonchev–Trinajstić information content (AvgIpc) is 2.10. The lowest BCUT2D eigenvalue weighted by atomic mass is 9.81. The highest BCUT2D eigenvalue weighted by molar-refractivity contribution is 4.87. The maximum absolute atomic E-state index is 12.7. The van der Waals surface area contributed by atoms with Gasteiger partial charge in [0.2, 0.25) is 5.92 Å². The number of alkyl halides is 2. The van der Waals surface area contributed by atoms with Crippen molar-refractivity contribution >= 4 is 0 Å². The zero-order valence-corrected chi connectivity index (χ0v) is 11.7. The summed E-state index contributed by atoms with van der Waals surface area (Å²) in [7, 11) is 2.05. The van der Waals surface area contributed by atoms with Gasteiger partial charge in [-0.1, -0.05) is 20.8 Å². The van der Waals surface area contributed by atoms with Crippen molar-refractivity contribution in [3.05, 3.63) is 0 Å². The first-order valence-electron chi connectivity index (χ1n) is 6.85. The van der Waals surface area contributed by atoms with Gasteiger partial charge in [-0.25, -0.2) is 8.78 Å². The van der Waals surface area contributed by atoms with Crippen molar-refractivity contribution in [2.45, 2.75) is 52.4 Å². The summed E-state index contributed by atoms with van der Waals surface area (Å²) in [6.07, 6.45) is 2.63. The Morgan fingerprint density at radius 3 is 2.29 bits per heavy atom. The van der Waals surface area contributed by atoms with Gasteiger partial charge in [0.1, 0.15) is 0 Å². The number of hydrogen-bond acceptors (Lipinski definition) is 1. The van der Waals surface area contributed by atoms with Crippen LogP contribution in [0.25, 0.3) is 0 Å². The fourth-order valence-electron chi connectivity index (χ4n) is 2.81. The lowest BCUT2D eigenvalue weighted by Crippen LogP contribution is -2.41. The van der Waals surface area contributed by atoms with E-state index in [-0.39, 0.29) is 18.8 Å². The van der Waals surface area contributed by atoms with Crippen LogP contribution in [-0.2, 0) is 0 Å². The highest BCUT2D eigenvalue weighted by Crippen LogP contribution is 2.42. The van der Waals surface area contributed by atoms with E-state index in [1.54, 1.807) is 0 Å². The molecule has 1 aliphatic carbocycles. The molecule has 17 heavy (non-hydrogen) atoms. The zero-order chi connectivity index (χ0) is 13.1. The molecule has 1 rings (SSSR count). The van der Waals surface area contributed by atoms with Crippen LogP contribution in [0.15, 0.2) is 0 Å². The van der Waals surface area contributed by atoms with Gasteiger partial charge in [-0.2, -0.15) is 0 Å². The van der Waals surface area contributed by atoms with Gasteiger partial charge >= 0.3 is 0 Å². The minimum Gasteiger partial charge on any atom is -0.306 e. The number of nitrogens with zero attached hydrogens (tertiary/aromatic N) is 1. The average molecular weight is 247 g/mol. The van der Waals surface area contributed by atoms with Crippen molar-refractivity contribution in [1.29, 1.82) is 0 Å². The quantitative estimate of drug-likeness (QED) is 0.656. The lowest BCUT2D eigenvalue weighted by Gasteiger charge is -2.37. The molecule has 0 aromatic carbocycles. The molecule has 0 aromatic heterocycles. The second-order valence-corrected chi connectivity index (χ2v) is 6.42. The minimum absolute atomic E-state index is 0.0961. The Kier molecular flexibility index (Phi) is 5.36. The molecule has 3 heteroatoms. The summed E-state index contributed by atoms with van der Waals surface area (Å²) in [6.45, 7) is 8.65. The van der Waals surface area contributed by atoms with Crippen molar-refractivity contribution < 1.29 is 8.78 Å². The highest BCUT2D eigenvalue weighted by atomic mass is 19.3. The standard InChI is InChI=1S/C14H27F2N/c1-11(2)7-12(3)5-6-17(4)10-13-8-14(15,16)9-13/h11-13H,5-10H2,1-4H3. The van der Waals surface area contributed by atoms with Crippen LogP contribution < -0.4 is 0 Å². The van der Waals surface area contributed by atoms with E-state index < -0.39 is 5.92 Å². The van der Waals surface area contributed by atoms with Gasteiger partial charge in [0.05, 0.1) is 0 Å². The highest BCUT2D eigenvalue weighted by Gasteiger charge is 2.45. The Morgan fingerprint density at radius 2 is 1.82 bits per heavy atom. The maximum atomic E-state index is 12.7. The molecule has 0 spiro atoms. The van der Waals surface area contributed by atoms with Crippen LogP contribution in [0.5, 0.6) is 0 Å². The Morgan fingerprint density at radius 1 is 1.24 bits per heavy atom. The molecule has 0 N–H and O–H groups in total. The Balaban J connectivity index is 2.07. The predicted octanol–water partition coefficient (Wildman–Crippen LogP) is 4.04. The lowest BCUT2D eigenvalue weighted by molar-refractivity contribution is -0.115. The van der Waals surface area contributed by atoms with E-state index in [4.69, 9.17) is 0 Å². The summed E-state index contributed by atoms with van der Waals surface area (Å²) in [4.78, 5) is 2.22. The SMILES string of the molecule is CC(C)CC(C)CCN(C)CC1CC(F)(F)C1. The molecule has 1 fully saturated rings. The number of halogens is 2. The third kappa shape index (κ3) is 5.80. The molecule has 1 nitrogen and oxygen atoms in total. The summed E-state index contributed by atoms with van der Waals surface area (Å²) >= 11 is 0. The summed E-state index contributed by atoms with van der Waals surface area (Å²) in [5.74, 6) is -0.660. The van der Waals surface area contributed by atoms with E-state index in [9.17, 15) is 8.78 Å². The second kappa shape index (κ2) is 6.12. The van der Waals surface area contributed by atoms with Gasteiger partial charge < -0.3 is 4.90 Å². The Hall–Kier alpha value is -0.180. The van der Waals surface area contributed by atoms with Crippen LogP contribution in [-0.4, -0.2) is 31.0 Å². The van der Waals surface area contributed by atoms with E-state index in [1.807, 2.05) is 0 Å². The van der Waals surface area contributed by atoms with E-state index in [1.165, 1.54) is 12.8 Å². The minimum atomic E-state index is -2.36. The summed E-state index contributed by atoms with van der Waals surface area (Å²) < 4.78 is 25.4. The first-order valence-corrected chi connectivity index (χ1v) is 6.85. The summed E-state index contributed by atoms with van der Waals surface area (Å²) in [5, 5.41) is 0. The fourth-order valence-corrected chi connectivity index (χ4v) is 2.81. The topological polar surface area (TPSA) is 3.24 Å². The van der Waals surface area contributed by atoms with E-state index >= 15 is 0 Å². The van der Waals surface area contributed by atoms with E-state index in [0.717, 1.165) is 24.9 Å². The van der Waals surface area contributed by atoms with E-state index in [2.05, 4.69) is 32.7 Å². The molecule has 1 atom stereocenters. The van der Waals surface area contributed by atoms with Crippen LogP contribution in [0, 0.1) is 17.8 Å². The normalized spacial score (nSPS) is 21.9. The Bertz CT molecular complexity index is 220. The first-order chi connectivity index (χ1) is 7.78. The van der Waals surface area contributed by atoms with Crippen molar-refractivity contribution in [1.82, 2.24) is 4.90 Å². The van der Waals surface area contributed by atoms with Gasteiger partial charge in [0.25, 0.3) is 0 Å². The van der Waals surface area contributed by atoms with Gasteiger partial charge in [0.15, 0.2) is 0 Å². The molecule has 0 aromatic rings. The third-order valence-corrected chi connectivity index (χ3v) is 3.62. The summed E-state index contributed by atoms with van der Waals surface area (Å²) in [5.41, 5.74) is 0. The molecule has 1 aliphatic rings. The smallest absolute Gasteiger partial charge is 0.248 e. The molecule has 1 saturated carbocycles. The van der Waals surface area contributed by atoms with Crippen molar-refractivity contribution in [3.8, 4) is 0 Å². The van der Waals surface area contributed by atoms with Gasteiger partial charge in [-0.05, 0) is 44.2 Å². The van der Waals surface area contributed by atoms with Crippen LogP contribution in [0.1, 0.15) is 46.5 Å². The molecule has 0 saturated heterocycles. The van der Waals surface area contributed by atoms with Crippen LogP contribution in [0.2, 0.25) is 0 Å². The Labute approximate surface area is 105 Å². The largest absolute Gasteiger partial charge is 0.306 e. The number of rotatable bonds is 7.